The lowest BCUT2D eigenvalue weighted by atomic mass is 9.94. The summed E-state index contributed by atoms with van der Waals surface area (Å²) in [6.45, 7) is 6.03. The number of carbonyl (C=O) groups excluding carboxylic acids is 2. The molecule has 3 aliphatic rings. The van der Waals surface area contributed by atoms with E-state index in [0.29, 0.717) is 18.1 Å². The predicted octanol–water partition coefficient (Wildman–Crippen LogP) is 3.00. The Labute approximate surface area is 213 Å². The van der Waals surface area contributed by atoms with Gasteiger partial charge in [-0.25, -0.2) is 4.98 Å². The summed E-state index contributed by atoms with van der Waals surface area (Å²) in [6, 6.07) is 13.7. The summed E-state index contributed by atoms with van der Waals surface area (Å²) in [4.78, 5) is 37.0. The van der Waals surface area contributed by atoms with E-state index in [0.717, 1.165) is 50.7 Å². The molecule has 1 aromatic heterocycles. The minimum Gasteiger partial charge on any atom is -0.472 e. The van der Waals surface area contributed by atoms with Crippen LogP contribution in [0, 0.1) is 0 Å². The molecule has 8 nitrogen and oxygen atoms in total. The molecule has 2 aliphatic heterocycles. The quantitative estimate of drug-likeness (QED) is 0.572. The number of pyridine rings is 1. The molecule has 192 valence electrons. The van der Waals surface area contributed by atoms with Gasteiger partial charge in [0.05, 0.1) is 0 Å². The Morgan fingerprint density at radius 3 is 2.56 bits per heavy atom. The molecule has 2 amide bonds. The first kappa shape index (κ1) is 24.7. The van der Waals surface area contributed by atoms with E-state index < -0.39 is 6.10 Å². The summed E-state index contributed by atoms with van der Waals surface area (Å²) in [5, 5.41) is 3.00. The first-order chi connectivity index (χ1) is 17.7. The number of hydrogen-bond donors (Lipinski definition) is 1. The lowest BCUT2D eigenvalue weighted by Gasteiger charge is -2.40. The maximum atomic E-state index is 13.3. The summed E-state index contributed by atoms with van der Waals surface area (Å²) in [5.74, 6) is 0.431. The lowest BCUT2D eigenvalue weighted by Crippen LogP contribution is -2.51. The third-order valence-electron chi connectivity index (χ3n) is 7.62. The van der Waals surface area contributed by atoms with Crippen LogP contribution in [0.25, 0.3) is 0 Å². The largest absolute Gasteiger partial charge is 0.472 e. The normalized spacial score (nSPS) is 21.6. The van der Waals surface area contributed by atoms with E-state index in [2.05, 4.69) is 20.1 Å². The van der Waals surface area contributed by atoms with Crippen LogP contribution >= 0.6 is 0 Å². The average Bonchev–Trinajstić information content (AvgIpc) is 2.94. The van der Waals surface area contributed by atoms with Gasteiger partial charge in [0.2, 0.25) is 12.0 Å². The number of carbonyl (C=O) groups is 2. The molecule has 2 aromatic rings. The molecule has 1 saturated carbocycles. The van der Waals surface area contributed by atoms with Crippen molar-refractivity contribution in [2.45, 2.75) is 50.7 Å². The van der Waals surface area contributed by atoms with Crippen LogP contribution in [0.1, 0.15) is 50.2 Å². The Bertz CT molecular complexity index is 1020. The van der Waals surface area contributed by atoms with Crippen LogP contribution in [-0.4, -0.2) is 78.5 Å². The number of rotatable bonds is 8. The zero-order valence-corrected chi connectivity index (χ0v) is 21.0. The minimum atomic E-state index is -0.789. The zero-order chi connectivity index (χ0) is 24.7. The van der Waals surface area contributed by atoms with E-state index >= 15 is 0 Å². The summed E-state index contributed by atoms with van der Waals surface area (Å²) in [5.41, 5.74) is 0.756. The molecule has 8 heteroatoms. The minimum absolute atomic E-state index is 0.0738. The zero-order valence-electron chi connectivity index (χ0n) is 21.0. The van der Waals surface area contributed by atoms with Crippen LogP contribution in [0.15, 0.2) is 48.7 Å². The number of piperazine rings is 1. The van der Waals surface area contributed by atoms with Crippen molar-refractivity contribution in [3.8, 4) is 5.75 Å². The molecule has 1 N–H and O–H groups in total. The van der Waals surface area contributed by atoms with Gasteiger partial charge in [-0.2, -0.15) is 0 Å². The third kappa shape index (κ3) is 5.87. The summed E-state index contributed by atoms with van der Waals surface area (Å²) in [7, 11) is 0. The van der Waals surface area contributed by atoms with Gasteiger partial charge in [0.1, 0.15) is 6.54 Å². The maximum Gasteiger partial charge on any atom is 0.274 e. The molecule has 36 heavy (non-hydrogen) atoms. The first-order valence-corrected chi connectivity index (χ1v) is 13.4. The van der Waals surface area contributed by atoms with Crippen LogP contribution in [0.5, 0.6) is 5.75 Å². The van der Waals surface area contributed by atoms with Gasteiger partial charge in [0, 0.05) is 50.5 Å². The number of benzene rings is 1. The fraction of sp³-hybridized carbons (Fsp3) is 0.536. The van der Waals surface area contributed by atoms with Gasteiger partial charge in [-0.05, 0) is 37.9 Å². The molecule has 0 spiro atoms. The molecule has 0 unspecified atom stereocenters. The number of nitrogens with one attached hydrogen (secondary N) is 1. The summed E-state index contributed by atoms with van der Waals surface area (Å²) >= 11 is 0. The number of fused-ring (bicyclic) bond motifs is 1. The standard InChI is InChI=1S/C28H37N5O3/c34-25(29-15-8-16-31-17-19-32(20-18-31)23-11-5-2-6-12-23)21-33-27-24(13-7-14-30-27)36-26(28(33)35)22-9-3-1-4-10-22/h1,3-4,7,9-10,13-14,23,26H,2,5-6,8,11-12,15-21H2,(H,29,34)/t26-/m0/s1. The molecule has 0 bridgehead atoms. The van der Waals surface area contributed by atoms with E-state index in [4.69, 9.17) is 4.74 Å². The van der Waals surface area contributed by atoms with Gasteiger partial charge in [-0.3, -0.25) is 19.4 Å². The Balaban J connectivity index is 1.09. The highest BCUT2D eigenvalue weighted by Crippen LogP contribution is 2.36. The van der Waals surface area contributed by atoms with Crippen molar-refractivity contribution >= 4 is 17.6 Å². The second kappa shape index (κ2) is 11.8. The van der Waals surface area contributed by atoms with Gasteiger partial charge in [0.15, 0.2) is 11.6 Å². The second-order valence-corrected chi connectivity index (χ2v) is 10.0. The summed E-state index contributed by atoms with van der Waals surface area (Å²) in [6.07, 6.45) is 8.62. The van der Waals surface area contributed by atoms with Crippen molar-refractivity contribution in [2.75, 3.05) is 50.7 Å². The average molecular weight is 492 g/mol. The van der Waals surface area contributed by atoms with E-state index in [1.807, 2.05) is 30.3 Å². The SMILES string of the molecule is O=C(CN1C(=O)[C@H](c2ccccc2)Oc2cccnc21)NCCCN1CCN(C2CCCCC2)CC1. The molecule has 0 radical (unpaired) electrons. The molecule has 1 aliphatic carbocycles. The van der Waals surface area contributed by atoms with Crippen molar-refractivity contribution in [3.63, 3.8) is 0 Å². The Morgan fingerprint density at radius 1 is 1.00 bits per heavy atom. The number of ether oxygens (including phenoxy) is 1. The number of nitrogens with zero attached hydrogens (tertiary/aromatic N) is 4. The number of hydrogen-bond acceptors (Lipinski definition) is 6. The van der Waals surface area contributed by atoms with Crippen molar-refractivity contribution in [3.05, 3.63) is 54.2 Å². The Kier molecular flexibility index (Phi) is 8.13. The van der Waals surface area contributed by atoms with E-state index in [-0.39, 0.29) is 18.4 Å². The van der Waals surface area contributed by atoms with E-state index in [1.54, 1.807) is 18.3 Å². The summed E-state index contributed by atoms with van der Waals surface area (Å²) < 4.78 is 5.96. The van der Waals surface area contributed by atoms with Crippen LogP contribution in [0.4, 0.5) is 5.82 Å². The topological polar surface area (TPSA) is 78.0 Å². The second-order valence-electron chi connectivity index (χ2n) is 10.0. The van der Waals surface area contributed by atoms with Crippen LogP contribution in [-0.2, 0) is 9.59 Å². The van der Waals surface area contributed by atoms with Gasteiger partial charge >= 0.3 is 0 Å². The van der Waals surface area contributed by atoms with Gasteiger partial charge in [0.25, 0.3) is 5.91 Å². The number of aromatic nitrogens is 1. The molecular weight excluding hydrogens is 454 g/mol. The van der Waals surface area contributed by atoms with Gasteiger partial charge in [-0.1, -0.05) is 49.6 Å². The number of anilines is 1. The fourth-order valence-corrected chi connectivity index (χ4v) is 5.62. The maximum absolute atomic E-state index is 13.3. The van der Waals surface area contributed by atoms with Crippen LogP contribution in [0.2, 0.25) is 0 Å². The van der Waals surface area contributed by atoms with Crippen molar-refractivity contribution in [2.24, 2.45) is 0 Å². The molecule has 5 rings (SSSR count). The molecule has 2 fully saturated rings. The van der Waals surface area contributed by atoms with Crippen molar-refractivity contribution < 1.29 is 14.3 Å². The van der Waals surface area contributed by atoms with Gasteiger partial charge in [-0.15, -0.1) is 0 Å². The fourth-order valence-electron chi connectivity index (χ4n) is 5.62. The van der Waals surface area contributed by atoms with Crippen molar-refractivity contribution in [1.82, 2.24) is 20.1 Å². The monoisotopic (exact) mass is 491 g/mol. The molecular formula is C28H37N5O3. The highest BCUT2D eigenvalue weighted by Gasteiger charge is 2.37. The van der Waals surface area contributed by atoms with E-state index in [9.17, 15) is 9.59 Å². The van der Waals surface area contributed by atoms with Crippen LogP contribution < -0.4 is 15.0 Å². The van der Waals surface area contributed by atoms with E-state index in [1.165, 1.54) is 37.0 Å². The third-order valence-corrected chi connectivity index (χ3v) is 7.62. The lowest BCUT2D eigenvalue weighted by molar-refractivity contribution is -0.129. The molecule has 3 heterocycles. The highest BCUT2D eigenvalue weighted by molar-refractivity contribution is 6.03. The molecule has 1 atom stereocenters. The smallest absolute Gasteiger partial charge is 0.274 e. The first-order valence-electron chi connectivity index (χ1n) is 13.4. The molecule has 1 saturated heterocycles. The Hall–Kier alpha value is -2.97. The van der Waals surface area contributed by atoms with Gasteiger partial charge < -0.3 is 15.0 Å². The molecule has 1 aromatic carbocycles. The van der Waals surface area contributed by atoms with Crippen LogP contribution in [0.3, 0.4) is 0 Å². The van der Waals surface area contributed by atoms with Crippen molar-refractivity contribution in [1.29, 1.82) is 0 Å². The highest BCUT2D eigenvalue weighted by atomic mass is 16.5. The Morgan fingerprint density at radius 2 is 1.78 bits per heavy atom. The number of amides is 2. The predicted molar refractivity (Wildman–Crippen MR) is 139 cm³/mol.